The van der Waals surface area contributed by atoms with E-state index in [0.29, 0.717) is 12.2 Å². The molecule has 1 aromatic carbocycles. The number of ether oxygens (including phenoxy) is 1. The summed E-state index contributed by atoms with van der Waals surface area (Å²) in [5.41, 5.74) is 6.45. The van der Waals surface area contributed by atoms with Gasteiger partial charge in [0.15, 0.2) is 11.9 Å². The number of benzene rings is 1. The van der Waals surface area contributed by atoms with Crippen LogP contribution in [0.3, 0.4) is 0 Å². The second-order valence-electron chi connectivity index (χ2n) is 11.9. The molecule has 0 aliphatic carbocycles. The quantitative estimate of drug-likeness (QED) is 0.321. The van der Waals surface area contributed by atoms with Gasteiger partial charge in [0.25, 0.3) is 5.91 Å². The molecule has 6 nitrogen and oxygen atoms in total. The van der Waals surface area contributed by atoms with Gasteiger partial charge in [-0.15, -0.1) is 11.6 Å². The topological polar surface area (TPSA) is 98.5 Å². The Kier molecular flexibility index (Phi) is 10.6. The summed E-state index contributed by atoms with van der Waals surface area (Å²) >= 11 is 6.01. The predicted octanol–water partition coefficient (Wildman–Crippen LogP) is 4.83. The SMILES string of the molecule is CCC(Oc1cc(CC(C)(C)C)ccc1CC(C)(C)C)C(=O)NCC(C)(CCl)C(=O)CC(N)=O. The van der Waals surface area contributed by atoms with Gasteiger partial charge in [-0.3, -0.25) is 14.4 Å². The Hall–Kier alpha value is -2.08. The van der Waals surface area contributed by atoms with Gasteiger partial charge in [0.05, 0.1) is 11.8 Å². The normalized spacial score (nSPS) is 14.7. The van der Waals surface area contributed by atoms with Gasteiger partial charge in [0.2, 0.25) is 5.91 Å². The van der Waals surface area contributed by atoms with Gasteiger partial charge >= 0.3 is 0 Å². The second kappa shape index (κ2) is 12.1. The van der Waals surface area contributed by atoms with Crippen molar-refractivity contribution in [1.29, 1.82) is 0 Å². The van der Waals surface area contributed by atoms with E-state index >= 15 is 0 Å². The molecule has 192 valence electrons. The van der Waals surface area contributed by atoms with Crippen molar-refractivity contribution in [1.82, 2.24) is 5.32 Å². The molecule has 2 amide bonds. The van der Waals surface area contributed by atoms with Crippen molar-refractivity contribution in [3.05, 3.63) is 29.3 Å². The van der Waals surface area contributed by atoms with Gasteiger partial charge in [-0.05, 0) is 54.2 Å². The monoisotopic (exact) mass is 494 g/mol. The summed E-state index contributed by atoms with van der Waals surface area (Å²) in [7, 11) is 0. The Morgan fingerprint density at radius 2 is 1.62 bits per heavy atom. The van der Waals surface area contributed by atoms with Gasteiger partial charge in [0, 0.05) is 12.4 Å². The van der Waals surface area contributed by atoms with E-state index in [9.17, 15) is 14.4 Å². The van der Waals surface area contributed by atoms with E-state index in [4.69, 9.17) is 22.1 Å². The maximum atomic E-state index is 13.0. The van der Waals surface area contributed by atoms with E-state index in [2.05, 4.69) is 59.0 Å². The minimum absolute atomic E-state index is 0.000217. The number of carbonyl (C=O) groups excluding carboxylic acids is 3. The summed E-state index contributed by atoms with van der Waals surface area (Å²) in [5.74, 6) is -0.769. The van der Waals surface area contributed by atoms with Crippen LogP contribution >= 0.6 is 11.6 Å². The number of alkyl halides is 1. The van der Waals surface area contributed by atoms with Crippen molar-refractivity contribution in [3.8, 4) is 5.75 Å². The molecule has 0 heterocycles. The molecule has 0 fully saturated rings. The lowest BCUT2D eigenvalue weighted by Gasteiger charge is -2.28. The number of Topliss-reactive ketones (excluding diaryl/α,β-unsaturated/α-hetero) is 1. The first-order valence-electron chi connectivity index (χ1n) is 11.9. The van der Waals surface area contributed by atoms with Crippen LogP contribution in [0.4, 0.5) is 0 Å². The zero-order chi connectivity index (χ0) is 26.3. The molecule has 2 unspecified atom stereocenters. The summed E-state index contributed by atoms with van der Waals surface area (Å²) in [5, 5.41) is 2.80. The number of hydrogen-bond donors (Lipinski definition) is 2. The molecular formula is C27H43ClN2O4. The maximum Gasteiger partial charge on any atom is 0.261 e. The third-order valence-electron chi connectivity index (χ3n) is 5.47. The number of hydrogen-bond acceptors (Lipinski definition) is 4. The molecule has 1 rings (SSSR count). The van der Waals surface area contributed by atoms with Gasteiger partial charge in [-0.1, -0.05) is 60.6 Å². The molecule has 0 saturated heterocycles. The van der Waals surface area contributed by atoms with Gasteiger partial charge in [-0.25, -0.2) is 0 Å². The highest BCUT2D eigenvalue weighted by atomic mass is 35.5. The van der Waals surface area contributed by atoms with Gasteiger partial charge in [-0.2, -0.15) is 0 Å². The van der Waals surface area contributed by atoms with E-state index < -0.39 is 29.6 Å². The summed E-state index contributed by atoms with van der Waals surface area (Å²) in [6.45, 7) is 16.6. The van der Waals surface area contributed by atoms with Crippen molar-refractivity contribution < 1.29 is 19.1 Å². The number of carbonyl (C=O) groups is 3. The largest absolute Gasteiger partial charge is 0.480 e. The van der Waals surface area contributed by atoms with Crippen LogP contribution in [0.1, 0.15) is 79.4 Å². The minimum Gasteiger partial charge on any atom is -0.480 e. The zero-order valence-electron chi connectivity index (χ0n) is 22.1. The van der Waals surface area contributed by atoms with Gasteiger partial charge < -0.3 is 15.8 Å². The van der Waals surface area contributed by atoms with E-state index in [1.807, 2.05) is 13.0 Å². The number of halogens is 1. The van der Waals surface area contributed by atoms with Crippen LogP contribution in [0.2, 0.25) is 0 Å². The average Bonchev–Trinajstić information content (AvgIpc) is 2.68. The Balaban J connectivity index is 3.10. The third-order valence-corrected chi connectivity index (χ3v) is 6.06. The molecule has 0 radical (unpaired) electrons. The number of rotatable bonds is 12. The number of amides is 2. The second-order valence-corrected chi connectivity index (χ2v) is 12.2. The fourth-order valence-corrected chi connectivity index (χ4v) is 3.86. The lowest BCUT2D eigenvalue weighted by molar-refractivity contribution is -0.132. The van der Waals surface area contributed by atoms with Crippen molar-refractivity contribution in [2.45, 2.75) is 87.2 Å². The molecule has 0 aliphatic rings. The Morgan fingerprint density at radius 1 is 1.03 bits per heavy atom. The average molecular weight is 495 g/mol. The van der Waals surface area contributed by atoms with E-state index in [-0.39, 0.29) is 29.2 Å². The first kappa shape index (κ1) is 30.0. The number of primary amides is 1. The summed E-state index contributed by atoms with van der Waals surface area (Å²) in [4.78, 5) is 36.6. The molecule has 0 aromatic heterocycles. The summed E-state index contributed by atoms with van der Waals surface area (Å²) in [6.07, 6.45) is 1.01. The lowest BCUT2D eigenvalue weighted by Crippen LogP contribution is -2.47. The minimum atomic E-state index is -1.09. The third kappa shape index (κ3) is 10.0. The standard InChI is InChI=1S/C27H43ClN2O4/c1-9-20(24(33)30-17-27(8,16-28)22(31)13-23(29)32)34-21-12-18(14-25(2,3)4)10-11-19(21)15-26(5,6)7/h10-12,20H,9,13-17H2,1-8H3,(H2,29,32)(H,30,33). The van der Waals surface area contributed by atoms with Crippen LogP contribution in [0.5, 0.6) is 5.75 Å². The Bertz CT molecular complexity index is 870. The highest BCUT2D eigenvalue weighted by Gasteiger charge is 2.34. The number of nitrogens with two attached hydrogens (primary N) is 1. The first-order chi connectivity index (χ1) is 15.5. The van der Waals surface area contributed by atoms with Crippen LogP contribution < -0.4 is 15.8 Å². The number of ketones is 1. The van der Waals surface area contributed by atoms with E-state index in [1.165, 1.54) is 0 Å². The molecule has 34 heavy (non-hydrogen) atoms. The predicted molar refractivity (Wildman–Crippen MR) is 138 cm³/mol. The summed E-state index contributed by atoms with van der Waals surface area (Å²) in [6, 6.07) is 6.28. The van der Waals surface area contributed by atoms with Crippen molar-refractivity contribution in [2.24, 2.45) is 22.0 Å². The fourth-order valence-electron chi connectivity index (χ4n) is 3.61. The highest BCUT2D eigenvalue weighted by molar-refractivity contribution is 6.20. The van der Waals surface area contributed by atoms with Crippen molar-refractivity contribution in [3.63, 3.8) is 0 Å². The van der Waals surface area contributed by atoms with Crippen LogP contribution in [-0.4, -0.2) is 36.1 Å². The van der Waals surface area contributed by atoms with Crippen LogP contribution in [0.25, 0.3) is 0 Å². The fraction of sp³-hybridized carbons (Fsp3) is 0.667. The van der Waals surface area contributed by atoms with Crippen molar-refractivity contribution in [2.75, 3.05) is 12.4 Å². The first-order valence-corrected chi connectivity index (χ1v) is 12.5. The van der Waals surface area contributed by atoms with Crippen LogP contribution in [0, 0.1) is 16.2 Å². The zero-order valence-corrected chi connectivity index (χ0v) is 22.9. The van der Waals surface area contributed by atoms with Crippen LogP contribution in [-0.2, 0) is 27.2 Å². The van der Waals surface area contributed by atoms with Crippen molar-refractivity contribution >= 4 is 29.2 Å². The molecule has 0 bridgehead atoms. The Labute approximate surface area is 210 Å². The molecule has 0 saturated carbocycles. The molecule has 0 aliphatic heterocycles. The maximum absolute atomic E-state index is 13.0. The summed E-state index contributed by atoms with van der Waals surface area (Å²) < 4.78 is 6.28. The molecule has 0 spiro atoms. The van der Waals surface area contributed by atoms with E-state index in [1.54, 1.807) is 6.92 Å². The molecule has 3 N–H and O–H groups in total. The smallest absolute Gasteiger partial charge is 0.261 e. The Morgan fingerprint density at radius 3 is 2.09 bits per heavy atom. The van der Waals surface area contributed by atoms with Crippen LogP contribution in [0.15, 0.2) is 18.2 Å². The lowest BCUT2D eigenvalue weighted by atomic mass is 9.85. The molecular weight excluding hydrogens is 452 g/mol. The molecule has 7 heteroatoms. The van der Waals surface area contributed by atoms with Gasteiger partial charge in [0.1, 0.15) is 5.75 Å². The van der Waals surface area contributed by atoms with E-state index in [0.717, 1.165) is 24.0 Å². The molecule has 1 aromatic rings. The number of nitrogens with one attached hydrogen (secondary N) is 1. The molecule has 2 atom stereocenters. The highest BCUT2D eigenvalue weighted by Crippen LogP contribution is 2.32.